The Bertz CT molecular complexity index is 888. The monoisotopic (exact) mass is 390 g/mol. The summed E-state index contributed by atoms with van der Waals surface area (Å²) in [6.45, 7) is 1.56. The fourth-order valence-corrected chi connectivity index (χ4v) is 2.43. The molecule has 0 radical (unpaired) electrons. The molecule has 3 N–H and O–H groups in total. The smallest absolute Gasteiger partial charge is 0.272 e. The van der Waals surface area contributed by atoms with Gasteiger partial charge < -0.3 is 14.8 Å². The van der Waals surface area contributed by atoms with Crippen molar-refractivity contribution in [2.45, 2.75) is 6.92 Å². The molecule has 27 heavy (non-hydrogen) atoms. The number of hydrazine groups is 1. The van der Waals surface area contributed by atoms with Gasteiger partial charge in [-0.2, -0.15) is 0 Å². The van der Waals surface area contributed by atoms with Gasteiger partial charge in [0.2, 0.25) is 0 Å². The summed E-state index contributed by atoms with van der Waals surface area (Å²) in [4.78, 5) is 22.5. The van der Waals surface area contributed by atoms with E-state index in [2.05, 4.69) is 16.2 Å². The van der Waals surface area contributed by atoms with E-state index in [0.717, 1.165) is 0 Å². The summed E-state index contributed by atoms with van der Waals surface area (Å²) < 4.78 is 10.4. The Morgan fingerprint density at radius 1 is 1.07 bits per heavy atom. The van der Waals surface area contributed by atoms with Gasteiger partial charge in [0.15, 0.2) is 16.6 Å². The third kappa shape index (κ3) is 5.05. The standard InChI is InChI=1S/C17H18N4O5S/c1-10-8-11(4-6-13(10)21(23)24)16(22)19-20-17(27)18-12-5-7-14(25-2)15(9-12)26-3/h4-9H,1-3H3,(H,19,22)(H2,18,20,27). The first-order chi connectivity index (χ1) is 12.8. The highest BCUT2D eigenvalue weighted by atomic mass is 32.1. The van der Waals surface area contributed by atoms with Crippen molar-refractivity contribution in [1.29, 1.82) is 0 Å². The highest BCUT2D eigenvalue weighted by Crippen LogP contribution is 2.29. The van der Waals surface area contributed by atoms with Gasteiger partial charge in [0, 0.05) is 28.9 Å². The molecule has 0 saturated heterocycles. The Labute approximate surface area is 160 Å². The van der Waals surface area contributed by atoms with Crippen molar-refractivity contribution in [1.82, 2.24) is 10.9 Å². The summed E-state index contributed by atoms with van der Waals surface area (Å²) >= 11 is 5.13. The minimum absolute atomic E-state index is 0.0508. The van der Waals surface area contributed by atoms with E-state index in [4.69, 9.17) is 21.7 Å². The second-order valence-electron chi connectivity index (χ2n) is 5.36. The lowest BCUT2D eigenvalue weighted by atomic mass is 10.1. The molecule has 0 unspecified atom stereocenters. The van der Waals surface area contributed by atoms with Crippen molar-refractivity contribution in [3.05, 3.63) is 57.6 Å². The Balaban J connectivity index is 1.96. The van der Waals surface area contributed by atoms with Gasteiger partial charge in [0.25, 0.3) is 11.6 Å². The predicted molar refractivity (Wildman–Crippen MR) is 104 cm³/mol. The number of nitro groups is 1. The summed E-state index contributed by atoms with van der Waals surface area (Å²) in [5.41, 5.74) is 6.23. The van der Waals surface area contributed by atoms with Crippen molar-refractivity contribution < 1.29 is 19.2 Å². The van der Waals surface area contributed by atoms with Crippen LogP contribution in [0.5, 0.6) is 11.5 Å². The lowest BCUT2D eigenvalue weighted by molar-refractivity contribution is -0.385. The topological polar surface area (TPSA) is 115 Å². The van der Waals surface area contributed by atoms with Gasteiger partial charge in [-0.05, 0) is 43.4 Å². The molecule has 0 bridgehead atoms. The van der Waals surface area contributed by atoms with Crippen LogP contribution in [-0.2, 0) is 0 Å². The zero-order chi connectivity index (χ0) is 20.0. The Morgan fingerprint density at radius 3 is 2.37 bits per heavy atom. The average Bonchev–Trinajstić information content (AvgIpc) is 2.65. The maximum atomic E-state index is 12.2. The first-order valence-electron chi connectivity index (χ1n) is 7.70. The molecule has 0 atom stereocenters. The maximum Gasteiger partial charge on any atom is 0.272 e. The molecule has 2 aromatic carbocycles. The molecule has 0 saturated carbocycles. The molecule has 10 heteroatoms. The van der Waals surface area contributed by atoms with Gasteiger partial charge >= 0.3 is 0 Å². The zero-order valence-electron chi connectivity index (χ0n) is 14.9. The van der Waals surface area contributed by atoms with Crippen LogP contribution < -0.4 is 25.6 Å². The number of benzene rings is 2. The Kier molecular flexibility index (Phi) is 6.50. The van der Waals surface area contributed by atoms with Gasteiger partial charge in [-0.25, -0.2) is 0 Å². The molecule has 0 aromatic heterocycles. The van der Waals surface area contributed by atoms with E-state index in [-0.39, 0.29) is 16.4 Å². The van der Waals surface area contributed by atoms with Crippen molar-refractivity contribution in [3.8, 4) is 11.5 Å². The Morgan fingerprint density at radius 2 is 1.78 bits per heavy atom. The van der Waals surface area contributed by atoms with E-state index < -0.39 is 10.8 Å². The van der Waals surface area contributed by atoms with E-state index in [1.165, 1.54) is 32.4 Å². The van der Waals surface area contributed by atoms with Crippen LogP contribution >= 0.6 is 12.2 Å². The highest BCUT2D eigenvalue weighted by Gasteiger charge is 2.14. The largest absolute Gasteiger partial charge is 0.493 e. The van der Waals surface area contributed by atoms with Crippen molar-refractivity contribution in [2.24, 2.45) is 0 Å². The number of carbonyl (C=O) groups excluding carboxylic acids is 1. The van der Waals surface area contributed by atoms with E-state index >= 15 is 0 Å². The number of nitro benzene ring substituents is 1. The van der Waals surface area contributed by atoms with E-state index in [1.54, 1.807) is 25.1 Å². The highest BCUT2D eigenvalue weighted by molar-refractivity contribution is 7.80. The molecule has 2 aromatic rings. The molecule has 0 aliphatic carbocycles. The number of carbonyl (C=O) groups is 1. The van der Waals surface area contributed by atoms with Crippen LogP contribution in [0.4, 0.5) is 11.4 Å². The summed E-state index contributed by atoms with van der Waals surface area (Å²) in [6.07, 6.45) is 0. The number of rotatable bonds is 5. The maximum absolute atomic E-state index is 12.2. The van der Waals surface area contributed by atoms with Gasteiger partial charge in [0.05, 0.1) is 19.1 Å². The number of aryl methyl sites for hydroxylation is 1. The van der Waals surface area contributed by atoms with E-state index in [1.807, 2.05) is 0 Å². The number of ether oxygens (including phenoxy) is 2. The molecule has 142 valence electrons. The number of anilines is 1. The van der Waals surface area contributed by atoms with Crippen LogP contribution in [0.3, 0.4) is 0 Å². The number of thiocarbonyl (C=S) groups is 1. The van der Waals surface area contributed by atoms with Crippen molar-refractivity contribution in [2.75, 3.05) is 19.5 Å². The summed E-state index contributed by atoms with van der Waals surface area (Å²) in [5.74, 6) is 0.615. The van der Waals surface area contributed by atoms with Crippen LogP contribution in [0.15, 0.2) is 36.4 Å². The number of nitrogens with one attached hydrogen (secondary N) is 3. The predicted octanol–water partition coefficient (Wildman–Crippen LogP) is 2.55. The van der Waals surface area contributed by atoms with E-state index in [9.17, 15) is 14.9 Å². The first-order valence-corrected chi connectivity index (χ1v) is 8.11. The zero-order valence-corrected chi connectivity index (χ0v) is 15.7. The lowest BCUT2D eigenvalue weighted by Gasteiger charge is -2.13. The number of amides is 1. The number of hydrogen-bond donors (Lipinski definition) is 3. The van der Waals surface area contributed by atoms with E-state index in [0.29, 0.717) is 22.7 Å². The molecule has 1 amide bonds. The van der Waals surface area contributed by atoms with Crippen molar-refractivity contribution in [3.63, 3.8) is 0 Å². The SMILES string of the molecule is COc1ccc(NC(=S)NNC(=O)c2ccc([N+](=O)[O-])c(C)c2)cc1OC. The first kappa shape index (κ1) is 19.9. The van der Waals surface area contributed by atoms with Crippen LogP contribution in [0.2, 0.25) is 0 Å². The molecular weight excluding hydrogens is 372 g/mol. The molecule has 2 rings (SSSR count). The molecule has 0 spiro atoms. The van der Waals surface area contributed by atoms with Crippen LogP contribution in [-0.4, -0.2) is 30.2 Å². The molecule has 0 aliphatic heterocycles. The second-order valence-corrected chi connectivity index (χ2v) is 5.77. The summed E-state index contributed by atoms with van der Waals surface area (Å²) in [7, 11) is 3.05. The molecular formula is C17H18N4O5S. The Hall–Kier alpha value is -3.40. The number of hydrogen-bond acceptors (Lipinski definition) is 6. The normalized spacial score (nSPS) is 9.89. The fraction of sp³-hybridized carbons (Fsp3) is 0.176. The molecule has 0 heterocycles. The van der Waals surface area contributed by atoms with Gasteiger partial charge in [-0.1, -0.05) is 0 Å². The minimum atomic E-state index is -0.503. The molecule has 0 aliphatic rings. The fourth-order valence-electron chi connectivity index (χ4n) is 2.26. The quantitative estimate of drug-likeness (QED) is 0.405. The van der Waals surface area contributed by atoms with Gasteiger partial charge in [-0.3, -0.25) is 25.8 Å². The second kappa shape index (κ2) is 8.81. The molecule has 0 fully saturated rings. The minimum Gasteiger partial charge on any atom is -0.493 e. The third-order valence-electron chi connectivity index (χ3n) is 3.59. The summed E-state index contributed by atoms with van der Waals surface area (Å²) in [5, 5.41) is 13.9. The van der Waals surface area contributed by atoms with Crippen molar-refractivity contribution >= 4 is 34.6 Å². The lowest BCUT2D eigenvalue weighted by Crippen LogP contribution is -2.43. The van der Waals surface area contributed by atoms with Crippen LogP contribution in [0.25, 0.3) is 0 Å². The summed E-state index contributed by atoms with van der Waals surface area (Å²) in [6, 6.07) is 9.21. The molecule has 9 nitrogen and oxygen atoms in total. The van der Waals surface area contributed by atoms with Crippen LogP contribution in [0, 0.1) is 17.0 Å². The average molecular weight is 390 g/mol. The van der Waals surface area contributed by atoms with Gasteiger partial charge in [-0.15, -0.1) is 0 Å². The third-order valence-corrected chi connectivity index (χ3v) is 3.79. The number of methoxy groups -OCH3 is 2. The number of nitrogens with zero attached hydrogens (tertiary/aromatic N) is 1. The van der Waals surface area contributed by atoms with Gasteiger partial charge in [0.1, 0.15) is 0 Å². The van der Waals surface area contributed by atoms with Crippen LogP contribution in [0.1, 0.15) is 15.9 Å².